The lowest BCUT2D eigenvalue weighted by atomic mass is 9.89. The largest absolute Gasteiger partial charge is 0.351 e. The molecule has 0 radical (unpaired) electrons. The van der Waals surface area contributed by atoms with Gasteiger partial charge in [0.2, 0.25) is 0 Å². The number of rotatable bonds is 3. The molecular formula is C19H17ClN2OS. The van der Waals surface area contributed by atoms with E-state index in [2.05, 4.69) is 5.32 Å². The molecule has 122 valence electrons. The number of hydrogen-bond acceptors (Lipinski definition) is 2. The van der Waals surface area contributed by atoms with Crippen LogP contribution in [0.25, 0.3) is 0 Å². The first-order valence-electron chi connectivity index (χ1n) is 7.60. The molecule has 5 heteroatoms. The first-order valence-corrected chi connectivity index (χ1v) is 8.38. The predicted molar refractivity (Wildman–Crippen MR) is 101 cm³/mol. The van der Waals surface area contributed by atoms with Crippen LogP contribution in [0.3, 0.4) is 0 Å². The average Bonchev–Trinajstić information content (AvgIpc) is 2.60. The fourth-order valence-corrected chi connectivity index (χ4v) is 3.32. The Hall–Kier alpha value is -2.17. The summed E-state index contributed by atoms with van der Waals surface area (Å²) in [6.45, 7) is 1.91. The number of ketones is 1. The molecule has 1 atom stereocenters. The van der Waals surface area contributed by atoms with E-state index in [9.17, 15) is 4.79 Å². The van der Waals surface area contributed by atoms with Crippen molar-refractivity contribution in [3.05, 3.63) is 82.0 Å². The third kappa shape index (κ3) is 2.95. The summed E-state index contributed by atoms with van der Waals surface area (Å²) in [5.74, 6) is -0.0279. The van der Waals surface area contributed by atoms with Crippen molar-refractivity contribution in [2.45, 2.75) is 13.0 Å². The molecule has 1 aliphatic heterocycles. The molecule has 3 nitrogen and oxygen atoms in total. The van der Waals surface area contributed by atoms with Crippen LogP contribution in [0.4, 0.5) is 0 Å². The lowest BCUT2D eigenvalue weighted by molar-refractivity contribution is 0.102. The normalized spacial score (nSPS) is 17.7. The van der Waals surface area contributed by atoms with Crippen LogP contribution in [0.5, 0.6) is 0 Å². The molecule has 1 unspecified atom stereocenters. The number of thiocarbonyl (C=S) groups is 1. The third-order valence-corrected chi connectivity index (χ3v) is 4.99. The highest BCUT2D eigenvalue weighted by molar-refractivity contribution is 7.80. The molecule has 2 aromatic rings. The van der Waals surface area contributed by atoms with Crippen molar-refractivity contribution >= 4 is 34.7 Å². The maximum atomic E-state index is 13.1. The van der Waals surface area contributed by atoms with E-state index >= 15 is 0 Å². The minimum Gasteiger partial charge on any atom is -0.351 e. The molecular weight excluding hydrogens is 340 g/mol. The summed E-state index contributed by atoms with van der Waals surface area (Å²) in [6, 6.07) is 16.4. The highest BCUT2D eigenvalue weighted by Crippen LogP contribution is 2.35. The molecule has 3 rings (SSSR count). The molecule has 0 fully saturated rings. The Morgan fingerprint density at radius 3 is 2.42 bits per heavy atom. The van der Waals surface area contributed by atoms with Gasteiger partial charge in [0, 0.05) is 28.9 Å². The van der Waals surface area contributed by atoms with Crippen molar-refractivity contribution in [2.24, 2.45) is 0 Å². The zero-order chi connectivity index (χ0) is 17.3. The highest BCUT2D eigenvalue weighted by Gasteiger charge is 2.33. The van der Waals surface area contributed by atoms with Gasteiger partial charge in [0.15, 0.2) is 10.9 Å². The monoisotopic (exact) mass is 356 g/mol. The summed E-state index contributed by atoms with van der Waals surface area (Å²) in [7, 11) is 1.85. The summed E-state index contributed by atoms with van der Waals surface area (Å²) in [5.41, 5.74) is 2.98. The van der Waals surface area contributed by atoms with E-state index < -0.39 is 0 Å². The molecule has 0 saturated heterocycles. The Morgan fingerprint density at radius 2 is 1.75 bits per heavy atom. The van der Waals surface area contributed by atoms with Gasteiger partial charge in [-0.1, -0.05) is 60.1 Å². The number of hydrogen-bond donors (Lipinski definition) is 1. The number of allylic oxidation sites excluding steroid dienone is 1. The van der Waals surface area contributed by atoms with Crippen LogP contribution in [0.15, 0.2) is 65.9 Å². The van der Waals surface area contributed by atoms with Crippen molar-refractivity contribution < 1.29 is 4.79 Å². The van der Waals surface area contributed by atoms with Crippen molar-refractivity contribution in [1.29, 1.82) is 0 Å². The van der Waals surface area contributed by atoms with Gasteiger partial charge in [-0.3, -0.25) is 4.79 Å². The van der Waals surface area contributed by atoms with Gasteiger partial charge in [-0.25, -0.2) is 0 Å². The van der Waals surface area contributed by atoms with Crippen LogP contribution in [0.2, 0.25) is 5.02 Å². The first-order chi connectivity index (χ1) is 11.5. The molecule has 24 heavy (non-hydrogen) atoms. The van der Waals surface area contributed by atoms with E-state index in [1.54, 1.807) is 0 Å². The predicted octanol–water partition coefficient (Wildman–Crippen LogP) is 4.36. The van der Waals surface area contributed by atoms with Crippen molar-refractivity contribution in [1.82, 2.24) is 10.2 Å². The SMILES string of the molecule is CC1=C(C(=O)c2ccccc2)C(c2ccccc2Cl)NC(=S)N1C. The van der Waals surface area contributed by atoms with E-state index in [0.29, 0.717) is 21.3 Å². The Balaban J connectivity index is 2.15. The van der Waals surface area contributed by atoms with E-state index in [-0.39, 0.29) is 11.8 Å². The summed E-state index contributed by atoms with van der Waals surface area (Å²) in [6.07, 6.45) is 0. The molecule has 0 aliphatic carbocycles. The third-order valence-electron chi connectivity index (χ3n) is 4.25. The standard InChI is InChI=1S/C19H17ClN2OS/c1-12-16(18(23)13-8-4-3-5-9-13)17(21-19(24)22(12)2)14-10-6-7-11-15(14)20/h3-11,17H,1-2H3,(H,21,24). The van der Waals surface area contributed by atoms with Gasteiger partial charge in [0.25, 0.3) is 0 Å². The second-order valence-corrected chi connectivity index (χ2v) is 6.45. The lowest BCUT2D eigenvalue weighted by Gasteiger charge is -2.36. The fraction of sp³-hybridized carbons (Fsp3) is 0.158. The molecule has 1 heterocycles. The number of benzene rings is 2. The number of carbonyl (C=O) groups excluding carboxylic acids is 1. The molecule has 0 amide bonds. The van der Waals surface area contributed by atoms with Crippen LogP contribution in [-0.2, 0) is 0 Å². The Morgan fingerprint density at radius 1 is 1.12 bits per heavy atom. The van der Waals surface area contributed by atoms with Crippen molar-refractivity contribution in [3.8, 4) is 0 Å². The molecule has 2 aromatic carbocycles. The van der Waals surface area contributed by atoms with Gasteiger partial charge < -0.3 is 10.2 Å². The van der Waals surface area contributed by atoms with Crippen molar-refractivity contribution in [2.75, 3.05) is 7.05 Å². The van der Waals surface area contributed by atoms with Crippen molar-refractivity contribution in [3.63, 3.8) is 0 Å². The lowest BCUT2D eigenvalue weighted by Crippen LogP contribution is -2.45. The molecule has 1 N–H and O–H groups in total. The minimum atomic E-state index is -0.366. The van der Waals surface area contributed by atoms with Crippen LogP contribution in [0, 0.1) is 0 Å². The second-order valence-electron chi connectivity index (χ2n) is 5.66. The topological polar surface area (TPSA) is 32.3 Å². The number of Topliss-reactive ketones (excluding diaryl/α,β-unsaturated/α-hetero) is 1. The van der Waals surface area contributed by atoms with Gasteiger partial charge in [-0.15, -0.1) is 0 Å². The fourth-order valence-electron chi connectivity index (χ4n) is 2.82. The van der Waals surface area contributed by atoms with E-state index in [0.717, 1.165) is 11.3 Å². The van der Waals surface area contributed by atoms with Gasteiger partial charge >= 0.3 is 0 Å². The molecule has 1 aliphatic rings. The number of nitrogens with one attached hydrogen (secondary N) is 1. The molecule has 0 aromatic heterocycles. The van der Waals surface area contributed by atoms with E-state index in [4.69, 9.17) is 23.8 Å². The minimum absolute atomic E-state index is 0.0279. The quantitative estimate of drug-likeness (QED) is 0.654. The van der Waals surface area contributed by atoms with E-state index in [1.165, 1.54) is 0 Å². The zero-order valence-corrected chi connectivity index (χ0v) is 15.0. The van der Waals surface area contributed by atoms with Crippen LogP contribution >= 0.6 is 23.8 Å². The summed E-state index contributed by atoms with van der Waals surface area (Å²) in [4.78, 5) is 15.0. The zero-order valence-electron chi connectivity index (χ0n) is 13.4. The Bertz CT molecular complexity index is 832. The van der Waals surface area contributed by atoms with Crippen LogP contribution in [0.1, 0.15) is 28.9 Å². The van der Waals surface area contributed by atoms with Gasteiger partial charge in [-0.05, 0) is 30.8 Å². The van der Waals surface area contributed by atoms with Crippen LogP contribution in [-0.4, -0.2) is 22.8 Å². The highest BCUT2D eigenvalue weighted by atomic mass is 35.5. The average molecular weight is 357 g/mol. The number of carbonyl (C=O) groups is 1. The second kappa shape index (κ2) is 6.75. The maximum Gasteiger partial charge on any atom is 0.193 e. The first kappa shape index (κ1) is 16.7. The molecule has 0 spiro atoms. The molecule has 0 bridgehead atoms. The summed E-state index contributed by atoms with van der Waals surface area (Å²) < 4.78 is 0. The van der Waals surface area contributed by atoms with E-state index in [1.807, 2.05) is 73.5 Å². The summed E-state index contributed by atoms with van der Waals surface area (Å²) >= 11 is 11.8. The van der Waals surface area contributed by atoms with Crippen LogP contribution < -0.4 is 5.32 Å². The van der Waals surface area contributed by atoms with Gasteiger partial charge in [0.05, 0.1) is 6.04 Å². The summed E-state index contributed by atoms with van der Waals surface area (Å²) in [5, 5.41) is 4.43. The number of halogens is 1. The van der Waals surface area contributed by atoms with Gasteiger partial charge in [0.1, 0.15) is 0 Å². The smallest absolute Gasteiger partial charge is 0.193 e. The Labute approximate surface area is 151 Å². The Kier molecular flexibility index (Phi) is 4.69. The van der Waals surface area contributed by atoms with Gasteiger partial charge in [-0.2, -0.15) is 0 Å². The number of nitrogens with zero attached hydrogens (tertiary/aromatic N) is 1. The maximum absolute atomic E-state index is 13.1. The molecule has 0 saturated carbocycles.